The van der Waals surface area contributed by atoms with Crippen LogP contribution in [0.2, 0.25) is 0 Å². The van der Waals surface area contributed by atoms with Gasteiger partial charge in [-0.3, -0.25) is 9.69 Å². The highest BCUT2D eigenvalue weighted by molar-refractivity contribution is 9.10. The largest absolute Gasteiger partial charge is 0.492 e. The average Bonchev–Trinajstić information content (AvgIpc) is 2.81. The van der Waals surface area contributed by atoms with Crippen LogP contribution in [0.4, 0.5) is 4.79 Å². The molecule has 3 rings (SSSR count). The maximum absolute atomic E-state index is 12.8. The van der Waals surface area contributed by atoms with Gasteiger partial charge in [-0.25, -0.2) is 4.79 Å². The number of ether oxygens (including phenoxy) is 1. The summed E-state index contributed by atoms with van der Waals surface area (Å²) in [5.74, 6) is 0.440. The SMILES string of the molecule is Cc1ccc(OCCN2C(=O)NC(C)(c3cccc(Br)c3)C2=O)cc1. The minimum Gasteiger partial charge on any atom is -0.492 e. The first-order chi connectivity index (χ1) is 11.9. The van der Waals surface area contributed by atoms with Crippen LogP contribution in [0.5, 0.6) is 5.75 Å². The van der Waals surface area contributed by atoms with Crippen molar-refractivity contribution in [1.29, 1.82) is 0 Å². The summed E-state index contributed by atoms with van der Waals surface area (Å²) in [6, 6.07) is 14.6. The van der Waals surface area contributed by atoms with Gasteiger partial charge in [-0.2, -0.15) is 0 Å². The Labute approximate surface area is 155 Å². The van der Waals surface area contributed by atoms with Gasteiger partial charge in [0.25, 0.3) is 5.91 Å². The fourth-order valence-corrected chi connectivity index (χ4v) is 3.18. The van der Waals surface area contributed by atoms with E-state index in [1.54, 1.807) is 6.92 Å². The van der Waals surface area contributed by atoms with Crippen molar-refractivity contribution in [2.75, 3.05) is 13.2 Å². The van der Waals surface area contributed by atoms with E-state index in [-0.39, 0.29) is 19.1 Å². The first kappa shape index (κ1) is 17.5. The summed E-state index contributed by atoms with van der Waals surface area (Å²) >= 11 is 3.40. The normalized spacial score (nSPS) is 19.9. The van der Waals surface area contributed by atoms with Crippen molar-refractivity contribution < 1.29 is 14.3 Å². The van der Waals surface area contributed by atoms with E-state index < -0.39 is 11.6 Å². The maximum atomic E-state index is 12.8. The summed E-state index contributed by atoms with van der Waals surface area (Å²) in [7, 11) is 0. The maximum Gasteiger partial charge on any atom is 0.325 e. The Morgan fingerprint density at radius 2 is 1.88 bits per heavy atom. The van der Waals surface area contributed by atoms with E-state index in [2.05, 4.69) is 21.2 Å². The first-order valence-electron chi connectivity index (χ1n) is 8.00. The second kappa shape index (κ2) is 6.88. The zero-order valence-corrected chi connectivity index (χ0v) is 15.7. The molecule has 2 aromatic carbocycles. The van der Waals surface area contributed by atoms with Crippen LogP contribution in [-0.2, 0) is 10.3 Å². The van der Waals surface area contributed by atoms with Crippen LogP contribution in [0.1, 0.15) is 18.1 Å². The van der Waals surface area contributed by atoms with E-state index in [1.807, 2.05) is 55.5 Å². The molecular formula is C19H19BrN2O3. The zero-order valence-electron chi connectivity index (χ0n) is 14.1. The highest BCUT2D eigenvalue weighted by atomic mass is 79.9. The van der Waals surface area contributed by atoms with E-state index in [0.29, 0.717) is 5.75 Å². The average molecular weight is 403 g/mol. The molecule has 25 heavy (non-hydrogen) atoms. The molecule has 5 nitrogen and oxygen atoms in total. The Balaban J connectivity index is 1.68. The van der Waals surface area contributed by atoms with Crippen molar-refractivity contribution in [2.24, 2.45) is 0 Å². The van der Waals surface area contributed by atoms with Crippen LogP contribution in [0.25, 0.3) is 0 Å². The molecule has 1 fully saturated rings. The Morgan fingerprint density at radius 1 is 1.16 bits per heavy atom. The lowest BCUT2D eigenvalue weighted by Gasteiger charge is -2.22. The number of benzene rings is 2. The number of carbonyl (C=O) groups is 2. The monoisotopic (exact) mass is 402 g/mol. The molecule has 0 bridgehead atoms. The molecule has 1 heterocycles. The number of carbonyl (C=O) groups excluding carboxylic acids is 2. The Hall–Kier alpha value is -2.34. The van der Waals surface area contributed by atoms with Gasteiger partial charge < -0.3 is 10.1 Å². The first-order valence-corrected chi connectivity index (χ1v) is 8.79. The minimum atomic E-state index is -1.06. The lowest BCUT2D eigenvalue weighted by Crippen LogP contribution is -2.41. The zero-order chi connectivity index (χ0) is 18.0. The number of rotatable bonds is 5. The molecule has 2 aromatic rings. The molecule has 6 heteroatoms. The molecule has 1 aliphatic rings. The molecule has 0 spiro atoms. The van der Waals surface area contributed by atoms with Crippen molar-refractivity contribution in [1.82, 2.24) is 10.2 Å². The van der Waals surface area contributed by atoms with E-state index >= 15 is 0 Å². The minimum absolute atomic E-state index is 0.197. The lowest BCUT2D eigenvalue weighted by atomic mass is 9.92. The molecule has 0 saturated carbocycles. The Morgan fingerprint density at radius 3 is 2.56 bits per heavy atom. The number of imide groups is 1. The number of urea groups is 1. The smallest absolute Gasteiger partial charge is 0.325 e. The van der Waals surface area contributed by atoms with Gasteiger partial charge in [0.2, 0.25) is 0 Å². The summed E-state index contributed by atoms with van der Waals surface area (Å²) in [6.07, 6.45) is 0. The Bertz CT molecular complexity index is 807. The van der Waals surface area contributed by atoms with Crippen LogP contribution < -0.4 is 10.1 Å². The third-order valence-corrected chi connectivity index (χ3v) is 4.77. The number of hydrogen-bond acceptors (Lipinski definition) is 3. The van der Waals surface area contributed by atoms with Crippen LogP contribution >= 0.6 is 15.9 Å². The molecular weight excluding hydrogens is 384 g/mol. The van der Waals surface area contributed by atoms with Crippen molar-refractivity contribution in [3.05, 3.63) is 64.1 Å². The number of halogens is 1. The predicted octanol–water partition coefficient (Wildman–Crippen LogP) is 3.60. The third-order valence-electron chi connectivity index (χ3n) is 4.28. The highest BCUT2D eigenvalue weighted by Gasteiger charge is 2.48. The second-order valence-electron chi connectivity index (χ2n) is 6.18. The van der Waals surface area contributed by atoms with Gasteiger partial charge in [0.05, 0.1) is 6.54 Å². The van der Waals surface area contributed by atoms with E-state index in [4.69, 9.17) is 4.74 Å². The molecule has 1 aliphatic heterocycles. The molecule has 1 N–H and O–H groups in total. The lowest BCUT2D eigenvalue weighted by molar-refractivity contribution is -0.131. The summed E-state index contributed by atoms with van der Waals surface area (Å²) in [5.41, 5.74) is 0.818. The quantitative estimate of drug-likeness (QED) is 0.777. The van der Waals surface area contributed by atoms with E-state index in [1.165, 1.54) is 4.90 Å². The molecule has 1 unspecified atom stereocenters. The van der Waals surface area contributed by atoms with Gasteiger partial charge >= 0.3 is 6.03 Å². The van der Waals surface area contributed by atoms with Crippen molar-refractivity contribution in [3.8, 4) is 5.75 Å². The van der Waals surface area contributed by atoms with Gasteiger partial charge in [-0.15, -0.1) is 0 Å². The van der Waals surface area contributed by atoms with E-state index in [0.717, 1.165) is 15.6 Å². The highest BCUT2D eigenvalue weighted by Crippen LogP contribution is 2.30. The standard InChI is InChI=1S/C19H19BrN2O3/c1-13-6-8-16(9-7-13)25-11-10-22-17(23)19(2,21-18(22)24)14-4-3-5-15(20)12-14/h3-9,12H,10-11H2,1-2H3,(H,21,24). The Kier molecular flexibility index (Phi) is 4.81. The molecule has 3 amide bonds. The van der Waals surface area contributed by atoms with E-state index in [9.17, 15) is 9.59 Å². The van der Waals surface area contributed by atoms with Gasteiger partial charge in [0.1, 0.15) is 17.9 Å². The van der Waals surface area contributed by atoms with Gasteiger partial charge in [-0.1, -0.05) is 45.8 Å². The summed E-state index contributed by atoms with van der Waals surface area (Å²) in [4.78, 5) is 26.3. The van der Waals surface area contributed by atoms with Crippen molar-refractivity contribution in [3.63, 3.8) is 0 Å². The van der Waals surface area contributed by atoms with Crippen molar-refractivity contribution in [2.45, 2.75) is 19.4 Å². The number of amides is 3. The van der Waals surface area contributed by atoms with Crippen LogP contribution in [0, 0.1) is 6.92 Å². The fourth-order valence-electron chi connectivity index (χ4n) is 2.78. The number of hydrogen-bond donors (Lipinski definition) is 1. The van der Waals surface area contributed by atoms with Crippen molar-refractivity contribution >= 4 is 27.9 Å². The fraction of sp³-hybridized carbons (Fsp3) is 0.263. The second-order valence-corrected chi connectivity index (χ2v) is 7.10. The number of nitrogens with one attached hydrogen (secondary N) is 1. The molecule has 0 aliphatic carbocycles. The third kappa shape index (κ3) is 3.54. The molecule has 0 aromatic heterocycles. The van der Waals surface area contributed by atoms with Gasteiger partial charge in [0.15, 0.2) is 0 Å². The number of nitrogens with zero attached hydrogens (tertiary/aromatic N) is 1. The summed E-state index contributed by atoms with van der Waals surface area (Å²) in [6.45, 7) is 4.16. The summed E-state index contributed by atoms with van der Waals surface area (Å²) in [5, 5.41) is 2.79. The molecule has 1 saturated heterocycles. The van der Waals surface area contributed by atoms with Crippen LogP contribution in [-0.4, -0.2) is 30.0 Å². The van der Waals surface area contributed by atoms with Crippen LogP contribution in [0.3, 0.4) is 0 Å². The van der Waals surface area contributed by atoms with Gasteiger partial charge in [-0.05, 0) is 43.7 Å². The summed E-state index contributed by atoms with van der Waals surface area (Å²) < 4.78 is 6.49. The molecule has 0 radical (unpaired) electrons. The predicted molar refractivity (Wildman–Crippen MR) is 98.4 cm³/mol. The number of aryl methyl sites for hydroxylation is 1. The molecule has 130 valence electrons. The topological polar surface area (TPSA) is 58.6 Å². The van der Waals surface area contributed by atoms with Crippen LogP contribution in [0.15, 0.2) is 53.0 Å². The molecule has 1 atom stereocenters. The van der Waals surface area contributed by atoms with Gasteiger partial charge in [0, 0.05) is 4.47 Å².